The van der Waals surface area contributed by atoms with E-state index in [1.54, 1.807) is 12.1 Å². The van der Waals surface area contributed by atoms with Gasteiger partial charge in [0.1, 0.15) is 10.6 Å². The molecule has 2 fully saturated rings. The molecule has 3 rings (SSSR count). The molecule has 6 nitrogen and oxygen atoms in total. The third kappa shape index (κ3) is 4.46. The minimum absolute atomic E-state index is 0.0676. The lowest BCUT2D eigenvalue weighted by Gasteiger charge is -2.34. The largest absolute Gasteiger partial charge is 0.495 e. The second-order valence-corrected chi connectivity index (χ2v) is 10.1. The Labute approximate surface area is 162 Å². The van der Waals surface area contributed by atoms with Crippen molar-refractivity contribution in [1.29, 1.82) is 0 Å². The molecule has 1 aromatic carbocycles. The first-order chi connectivity index (χ1) is 12.7. The molecule has 1 aliphatic heterocycles. The van der Waals surface area contributed by atoms with Gasteiger partial charge in [-0.15, -0.1) is 0 Å². The van der Waals surface area contributed by atoms with E-state index in [9.17, 15) is 13.2 Å². The molecule has 1 saturated heterocycles. The molecule has 0 spiro atoms. The van der Waals surface area contributed by atoms with E-state index in [0.29, 0.717) is 36.4 Å². The first kappa shape index (κ1) is 20.1. The van der Waals surface area contributed by atoms with E-state index in [1.165, 1.54) is 17.5 Å². The van der Waals surface area contributed by atoms with E-state index in [4.69, 9.17) is 4.74 Å². The highest BCUT2D eigenvalue weighted by molar-refractivity contribution is 7.89. The summed E-state index contributed by atoms with van der Waals surface area (Å²) in [5, 5.41) is 2.98. The third-order valence-corrected chi connectivity index (χ3v) is 7.42. The van der Waals surface area contributed by atoms with E-state index >= 15 is 0 Å². The van der Waals surface area contributed by atoms with Crippen molar-refractivity contribution in [3.8, 4) is 5.75 Å². The molecule has 0 unspecified atom stereocenters. The summed E-state index contributed by atoms with van der Waals surface area (Å²) >= 11 is 0. The van der Waals surface area contributed by atoms with Gasteiger partial charge in [-0.25, -0.2) is 8.42 Å². The van der Waals surface area contributed by atoms with Crippen molar-refractivity contribution in [3.63, 3.8) is 0 Å². The van der Waals surface area contributed by atoms with Crippen LogP contribution in [0.2, 0.25) is 0 Å². The zero-order chi connectivity index (χ0) is 19.8. The SMILES string of the molecule is COc1ccc(C(=O)N[C@H](C)C2CC2)cc1S(=O)(=O)N1C[C@H](C)C[C@H](C)C1. The van der Waals surface area contributed by atoms with Crippen molar-refractivity contribution in [2.24, 2.45) is 17.8 Å². The molecule has 27 heavy (non-hydrogen) atoms. The van der Waals surface area contributed by atoms with Gasteiger partial charge in [-0.05, 0) is 62.1 Å². The Morgan fingerprint density at radius 1 is 1.22 bits per heavy atom. The van der Waals surface area contributed by atoms with Gasteiger partial charge in [0.15, 0.2) is 0 Å². The van der Waals surface area contributed by atoms with E-state index in [1.807, 2.05) is 6.92 Å². The second-order valence-electron chi connectivity index (χ2n) is 8.23. The summed E-state index contributed by atoms with van der Waals surface area (Å²) in [7, 11) is -2.28. The minimum Gasteiger partial charge on any atom is -0.495 e. The lowest BCUT2D eigenvalue weighted by Crippen LogP contribution is -2.42. The Morgan fingerprint density at radius 2 is 1.85 bits per heavy atom. The molecule has 150 valence electrons. The second kappa shape index (κ2) is 7.80. The van der Waals surface area contributed by atoms with Crippen LogP contribution in [0.1, 0.15) is 50.4 Å². The average molecular weight is 395 g/mol. The molecule has 3 atom stereocenters. The van der Waals surface area contributed by atoms with Gasteiger partial charge in [0, 0.05) is 24.7 Å². The Hall–Kier alpha value is -1.60. The predicted octanol–water partition coefficient (Wildman–Crippen LogP) is 2.89. The molecule has 7 heteroatoms. The first-order valence-corrected chi connectivity index (χ1v) is 11.2. The monoisotopic (exact) mass is 394 g/mol. The lowest BCUT2D eigenvalue weighted by molar-refractivity contribution is 0.0935. The first-order valence-electron chi connectivity index (χ1n) is 9.71. The number of carbonyl (C=O) groups excluding carboxylic acids is 1. The van der Waals surface area contributed by atoms with Crippen LogP contribution in [0, 0.1) is 17.8 Å². The van der Waals surface area contributed by atoms with E-state index in [-0.39, 0.29) is 22.6 Å². The quantitative estimate of drug-likeness (QED) is 0.805. The number of amides is 1. The summed E-state index contributed by atoms with van der Waals surface area (Å²) in [6.07, 6.45) is 3.29. The number of hydrogen-bond acceptors (Lipinski definition) is 4. The molecule has 1 aliphatic carbocycles. The van der Waals surface area contributed by atoms with Crippen LogP contribution in [0.15, 0.2) is 23.1 Å². The van der Waals surface area contributed by atoms with Crippen molar-refractivity contribution >= 4 is 15.9 Å². The van der Waals surface area contributed by atoms with Crippen molar-refractivity contribution < 1.29 is 17.9 Å². The highest BCUT2D eigenvalue weighted by Crippen LogP contribution is 2.34. The number of nitrogens with one attached hydrogen (secondary N) is 1. The number of ether oxygens (including phenoxy) is 1. The van der Waals surface area contributed by atoms with E-state index in [2.05, 4.69) is 19.2 Å². The smallest absolute Gasteiger partial charge is 0.251 e. The highest BCUT2D eigenvalue weighted by Gasteiger charge is 2.34. The number of sulfonamides is 1. The number of hydrogen-bond donors (Lipinski definition) is 1. The number of carbonyl (C=O) groups is 1. The molecule has 1 aromatic rings. The van der Waals surface area contributed by atoms with Gasteiger partial charge < -0.3 is 10.1 Å². The Balaban J connectivity index is 1.89. The van der Waals surface area contributed by atoms with Crippen LogP contribution in [0.5, 0.6) is 5.75 Å². The summed E-state index contributed by atoms with van der Waals surface area (Å²) in [6, 6.07) is 4.74. The van der Waals surface area contributed by atoms with Crippen molar-refractivity contribution in [3.05, 3.63) is 23.8 Å². The van der Waals surface area contributed by atoms with Gasteiger partial charge in [0.2, 0.25) is 10.0 Å². The number of piperidine rings is 1. The van der Waals surface area contributed by atoms with Crippen LogP contribution in [0.25, 0.3) is 0 Å². The number of methoxy groups -OCH3 is 1. The van der Waals surface area contributed by atoms with E-state index in [0.717, 1.165) is 19.3 Å². The molecule has 2 aliphatic rings. The van der Waals surface area contributed by atoms with Gasteiger partial charge in [-0.2, -0.15) is 4.31 Å². The summed E-state index contributed by atoms with van der Waals surface area (Å²) in [5.74, 6) is 1.18. The normalized spacial score (nSPS) is 25.0. The van der Waals surface area contributed by atoms with Crippen LogP contribution in [0.3, 0.4) is 0 Å². The Kier molecular flexibility index (Phi) is 5.82. The Morgan fingerprint density at radius 3 is 2.41 bits per heavy atom. The Bertz CT molecular complexity index is 794. The highest BCUT2D eigenvalue weighted by atomic mass is 32.2. The van der Waals surface area contributed by atoms with Crippen molar-refractivity contribution in [2.45, 2.75) is 51.0 Å². The summed E-state index contributed by atoms with van der Waals surface area (Å²) < 4.78 is 33.4. The summed E-state index contributed by atoms with van der Waals surface area (Å²) in [4.78, 5) is 12.7. The van der Waals surface area contributed by atoms with Crippen LogP contribution in [-0.2, 0) is 10.0 Å². The molecule has 0 bridgehead atoms. The fourth-order valence-electron chi connectivity index (χ4n) is 3.96. The molecule has 1 saturated carbocycles. The average Bonchev–Trinajstić information content (AvgIpc) is 3.45. The van der Waals surface area contributed by atoms with Gasteiger partial charge in [-0.3, -0.25) is 4.79 Å². The summed E-state index contributed by atoms with van der Waals surface area (Å²) in [5.41, 5.74) is 0.347. The third-order valence-electron chi connectivity index (χ3n) is 5.57. The minimum atomic E-state index is -3.73. The van der Waals surface area contributed by atoms with Crippen LogP contribution < -0.4 is 10.1 Å². The molecular formula is C20H30N2O4S. The van der Waals surface area contributed by atoms with Crippen LogP contribution in [0.4, 0.5) is 0 Å². The zero-order valence-electron chi connectivity index (χ0n) is 16.6. The van der Waals surface area contributed by atoms with Gasteiger partial charge >= 0.3 is 0 Å². The maximum absolute atomic E-state index is 13.3. The molecule has 0 aromatic heterocycles. The molecular weight excluding hydrogens is 364 g/mol. The number of rotatable bonds is 6. The standard InChI is InChI=1S/C20H30N2O4S/c1-13-9-14(2)12-22(11-13)27(24,25)19-10-17(7-8-18(19)26-4)20(23)21-15(3)16-5-6-16/h7-8,10,13-16H,5-6,9,11-12H2,1-4H3,(H,21,23)/t13-,14+,15-/m1/s1. The predicted molar refractivity (Wildman–Crippen MR) is 104 cm³/mol. The zero-order valence-corrected chi connectivity index (χ0v) is 17.4. The van der Waals surface area contributed by atoms with Crippen molar-refractivity contribution in [2.75, 3.05) is 20.2 Å². The maximum Gasteiger partial charge on any atom is 0.251 e. The van der Waals surface area contributed by atoms with Gasteiger partial charge in [0.25, 0.3) is 5.91 Å². The van der Waals surface area contributed by atoms with Gasteiger partial charge in [-0.1, -0.05) is 13.8 Å². The van der Waals surface area contributed by atoms with Crippen molar-refractivity contribution in [1.82, 2.24) is 9.62 Å². The fourth-order valence-corrected chi connectivity index (χ4v) is 5.83. The van der Waals surface area contributed by atoms with E-state index < -0.39 is 10.0 Å². The summed E-state index contributed by atoms with van der Waals surface area (Å²) in [6.45, 7) is 7.11. The van der Waals surface area contributed by atoms with Gasteiger partial charge in [0.05, 0.1) is 7.11 Å². The number of benzene rings is 1. The molecule has 1 amide bonds. The van der Waals surface area contributed by atoms with Crippen LogP contribution in [-0.4, -0.2) is 44.9 Å². The molecule has 1 heterocycles. The molecule has 0 radical (unpaired) electrons. The maximum atomic E-state index is 13.3. The number of nitrogens with zero attached hydrogens (tertiary/aromatic N) is 1. The molecule has 1 N–H and O–H groups in total. The fraction of sp³-hybridized carbons (Fsp3) is 0.650. The topological polar surface area (TPSA) is 75.7 Å². The van der Waals surface area contributed by atoms with Crippen LogP contribution >= 0.6 is 0 Å². The lowest BCUT2D eigenvalue weighted by atomic mass is 9.94.